The third kappa shape index (κ3) is 1.48. The van der Waals surface area contributed by atoms with E-state index in [1.165, 1.54) is 0 Å². The molecule has 5 heteroatoms. The molecule has 0 aliphatic heterocycles. The molecule has 0 atom stereocenters. The predicted molar refractivity (Wildman–Crippen MR) is 68.1 cm³/mol. The Kier molecular flexibility index (Phi) is 2.19. The lowest BCUT2D eigenvalue weighted by molar-refractivity contribution is 1.13. The molecule has 0 bridgehead atoms. The first-order valence-corrected chi connectivity index (χ1v) is 5.44. The number of nitrogens with two attached hydrogens (primary N) is 1. The Morgan fingerprint density at radius 2 is 1.72 bits per heavy atom. The van der Waals surface area contributed by atoms with E-state index in [2.05, 4.69) is 9.97 Å². The highest BCUT2D eigenvalue weighted by molar-refractivity contribution is 5.74. The minimum Gasteiger partial charge on any atom is -0.395 e. The van der Waals surface area contributed by atoms with Crippen molar-refractivity contribution in [3.63, 3.8) is 0 Å². The molecule has 88 valence electrons. The minimum absolute atomic E-state index is 0.0826. The van der Waals surface area contributed by atoms with Crippen LogP contribution in [0.25, 0.3) is 11.0 Å². The smallest absolute Gasteiger partial charge is 0.249 e. The van der Waals surface area contributed by atoms with E-state index < -0.39 is 10.9 Å². The van der Waals surface area contributed by atoms with Crippen LogP contribution in [0.3, 0.4) is 0 Å². The van der Waals surface area contributed by atoms with Gasteiger partial charge in [-0.3, -0.25) is 19.6 Å². The molecular weight excluding hydrogens is 230 g/mol. The SMILES string of the molecule is Nc1c(Cc2ccc3nccnc3c2)c(=O)c1=O. The first kappa shape index (κ1) is 10.6. The van der Waals surface area contributed by atoms with Gasteiger partial charge in [0.15, 0.2) is 0 Å². The lowest BCUT2D eigenvalue weighted by Crippen LogP contribution is -2.38. The number of nitrogens with zero attached hydrogens (tertiary/aromatic N) is 2. The van der Waals surface area contributed by atoms with Crippen molar-refractivity contribution in [2.45, 2.75) is 6.42 Å². The van der Waals surface area contributed by atoms with E-state index in [4.69, 9.17) is 5.73 Å². The number of rotatable bonds is 2. The fourth-order valence-corrected chi connectivity index (χ4v) is 1.95. The second kappa shape index (κ2) is 3.73. The van der Waals surface area contributed by atoms with E-state index in [9.17, 15) is 9.59 Å². The molecule has 0 fully saturated rings. The highest BCUT2D eigenvalue weighted by Crippen LogP contribution is 2.15. The Hall–Kier alpha value is -2.56. The molecule has 0 radical (unpaired) electrons. The van der Waals surface area contributed by atoms with Gasteiger partial charge >= 0.3 is 0 Å². The summed E-state index contributed by atoms with van der Waals surface area (Å²) in [4.78, 5) is 30.7. The van der Waals surface area contributed by atoms with Crippen molar-refractivity contribution in [1.82, 2.24) is 9.97 Å². The standard InChI is InChI=1S/C13H9N3O2/c14-11-8(12(17)13(11)18)5-7-1-2-9-10(6-7)16-4-3-15-9/h1-4,6H,5,14H2. The Balaban J connectivity index is 2.01. The molecule has 0 saturated heterocycles. The maximum Gasteiger partial charge on any atom is 0.249 e. The fraction of sp³-hybridized carbons (Fsp3) is 0.0769. The second-order valence-electron chi connectivity index (χ2n) is 4.11. The Morgan fingerprint density at radius 1 is 1.00 bits per heavy atom. The van der Waals surface area contributed by atoms with Gasteiger partial charge < -0.3 is 5.73 Å². The summed E-state index contributed by atoms with van der Waals surface area (Å²) >= 11 is 0. The van der Waals surface area contributed by atoms with Gasteiger partial charge in [0.05, 0.1) is 16.7 Å². The molecule has 0 aliphatic carbocycles. The van der Waals surface area contributed by atoms with Gasteiger partial charge in [0.25, 0.3) is 0 Å². The van der Waals surface area contributed by atoms with Crippen LogP contribution in [0.5, 0.6) is 0 Å². The number of aromatic nitrogens is 2. The zero-order chi connectivity index (χ0) is 12.7. The van der Waals surface area contributed by atoms with E-state index in [0.29, 0.717) is 12.0 Å². The topological polar surface area (TPSA) is 85.9 Å². The summed E-state index contributed by atoms with van der Waals surface area (Å²) in [6, 6.07) is 5.53. The molecule has 0 saturated carbocycles. The van der Waals surface area contributed by atoms with Crippen LogP contribution in [-0.2, 0) is 6.42 Å². The summed E-state index contributed by atoms with van der Waals surface area (Å²) in [6.07, 6.45) is 3.59. The lowest BCUT2D eigenvalue weighted by atomic mass is 9.99. The fourth-order valence-electron chi connectivity index (χ4n) is 1.95. The zero-order valence-corrected chi connectivity index (χ0v) is 9.38. The summed E-state index contributed by atoms with van der Waals surface area (Å²) in [5.41, 5.74) is 7.35. The van der Waals surface area contributed by atoms with Gasteiger partial charge in [-0.25, -0.2) is 0 Å². The average molecular weight is 239 g/mol. The summed E-state index contributed by atoms with van der Waals surface area (Å²) in [5, 5.41) is 0. The molecule has 0 unspecified atom stereocenters. The molecule has 0 spiro atoms. The lowest BCUT2D eigenvalue weighted by Gasteiger charge is -2.07. The number of fused-ring (bicyclic) bond motifs is 1. The molecule has 1 heterocycles. The normalized spacial score (nSPS) is 11.1. The molecular formula is C13H9N3O2. The first-order chi connectivity index (χ1) is 8.66. The molecule has 5 nitrogen and oxygen atoms in total. The van der Waals surface area contributed by atoms with Crippen molar-refractivity contribution in [2.24, 2.45) is 0 Å². The van der Waals surface area contributed by atoms with Crippen molar-refractivity contribution in [2.75, 3.05) is 5.73 Å². The molecule has 3 aromatic rings. The van der Waals surface area contributed by atoms with Crippen LogP contribution < -0.4 is 16.6 Å². The summed E-state index contributed by atoms with van der Waals surface area (Å²) in [6.45, 7) is 0. The van der Waals surface area contributed by atoms with Crippen LogP contribution in [0, 0.1) is 0 Å². The monoisotopic (exact) mass is 239 g/mol. The van der Waals surface area contributed by atoms with Crippen LogP contribution >= 0.6 is 0 Å². The van der Waals surface area contributed by atoms with E-state index in [1.54, 1.807) is 12.4 Å². The summed E-state index contributed by atoms with van der Waals surface area (Å²) in [7, 11) is 0. The van der Waals surface area contributed by atoms with Crippen molar-refractivity contribution in [1.29, 1.82) is 0 Å². The number of benzene rings is 1. The van der Waals surface area contributed by atoms with Crippen molar-refractivity contribution < 1.29 is 0 Å². The largest absolute Gasteiger partial charge is 0.395 e. The van der Waals surface area contributed by atoms with E-state index in [1.807, 2.05) is 18.2 Å². The molecule has 1 aromatic heterocycles. The van der Waals surface area contributed by atoms with Crippen LogP contribution in [0.15, 0.2) is 40.2 Å². The molecule has 18 heavy (non-hydrogen) atoms. The van der Waals surface area contributed by atoms with Crippen molar-refractivity contribution in [3.8, 4) is 0 Å². The summed E-state index contributed by atoms with van der Waals surface area (Å²) < 4.78 is 0. The summed E-state index contributed by atoms with van der Waals surface area (Å²) in [5.74, 6) is 0. The predicted octanol–water partition coefficient (Wildman–Crippen LogP) is 0.399. The molecule has 2 N–H and O–H groups in total. The van der Waals surface area contributed by atoms with Gasteiger partial charge in [-0.15, -0.1) is 0 Å². The average Bonchev–Trinajstić information content (AvgIpc) is 2.43. The van der Waals surface area contributed by atoms with Gasteiger partial charge in [0, 0.05) is 24.4 Å². The van der Waals surface area contributed by atoms with Gasteiger partial charge in [0.2, 0.25) is 10.9 Å². The number of nitrogen functional groups attached to an aromatic ring is 1. The van der Waals surface area contributed by atoms with E-state index in [-0.39, 0.29) is 5.69 Å². The Bertz CT molecular complexity index is 816. The number of anilines is 1. The zero-order valence-electron chi connectivity index (χ0n) is 9.38. The van der Waals surface area contributed by atoms with Gasteiger partial charge in [-0.1, -0.05) is 6.07 Å². The third-order valence-corrected chi connectivity index (χ3v) is 2.96. The number of hydrogen-bond acceptors (Lipinski definition) is 5. The Labute approximate surface area is 102 Å². The van der Waals surface area contributed by atoms with Crippen molar-refractivity contribution >= 4 is 16.7 Å². The number of hydrogen-bond donors (Lipinski definition) is 1. The van der Waals surface area contributed by atoms with E-state index in [0.717, 1.165) is 16.6 Å². The van der Waals surface area contributed by atoms with E-state index >= 15 is 0 Å². The van der Waals surface area contributed by atoms with Crippen LogP contribution in [0.2, 0.25) is 0 Å². The molecule has 0 amide bonds. The van der Waals surface area contributed by atoms with Crippen molar-refractivity contribution in [3.05, 3.63) is 62.2 Å². The van der Waals surface area contributed by atoms with Gasteiger partial charge in [0.1, 0.15) is 0 Å². The third-order valence-electron chi connectivity index (χ3n) is 2.96. The highest BCUT2D eigenvalue weighted by atomic mass is 16.2. The van der Waals surface area contributed by atoms with Crippen LogP contribution in [-0.4, -0.2) is 9.97 Å². The molecule has 3 rings (SSSR count). The maximum atomic E-state index is 11.3. The van der Waals surface area contributed by atoms with Crippen LogP contribution in [0.4, 0.5) is 5.69 Å². The molecule has 2 aromatic carbocycles. The first-order valence-electron chi connectivity index (χ1n) is 5.44. The van der Waals surface area contributed by atoms with Crippen LogP contribution in [0.1, 0.15) is 11.1 Å². The highest BCUT2D eigenvalue weighted by Gasteiger charge is 2.17. The second-order valence-corrected chi connectivity index (χ2v) is 4.11. The maximum absolute atomic E-state index is 11.3. The van der Waals surface area contributed by atoms with Gasteiger partial charge in [-0.2, -0.15) is 0 Å². The molecule has 0 aliphatic rings. The quantitative estimate of drug-likeness (QED) is 0.654. The van der Waals surface area contributed by atoms with Gasteiger partial charge in [-0.05, 0) is 17.7 Å². The minimum atomic E-state index is -0.578. The Morgan fingerprint density at radius 3 is 2.44 bits per heavy atom.